The third-order valence-electron chi connectivity index (χ3n) is 5.61. The highest BCUT2D eigenvalue weighted by molar-refractivity contribution is 6.08. The number of carbonyl (C=O) groups is 2. The number of carbonyl (C=O) groups excluding carboxylic acids is 2. The van der Waals surface area contributed by atoms with Crippen molar-refractivity contribution in [1.29, 1.82) is 0 Å². The summed E-state index contributed by atoms with van der Waals surface area (Å²) in [5.41, 5.74) is 4.05. The van der Waals surface area contributed by atoms with E-state index >= 15 is 0 Å². The molecule has 0 aliphatic carbocycles. The van der Waals surface area contributed by atoms with Gasteiger partial charge in [-0.05, 0) is 54.7 Å². The Morgan fingerprint density at radius 3 is 2.78 bits per heavy atom. The van der Waals surface area contributed by atoms with Crippen LogP contribution in [-0.2, 0) is 0 Å². The maximum atomic E-state index is 12.8. The number of hydrogen-bond donors (Lipinski definition) is 1. The number of nitrogens with zero attached hydrogens (tertiary/aromatic N) is 2. The summed E-state index contributed by atoms with van der Waals surface area (Å²) in [7, 11) is 2.00. The maximum Gasteiger partial charge on any atom is 0.257 e. The quantitative estimate of drug-likeness (QED) is 0.894. The Hall–Kier alpha value is -2.82. The van der Waals surface area contributed by atoms with Crippen LogP contribution in [0.4, 0.5) is 11.4 Å². The standard InChI is InChI=1S/C22H25N3O2/c1-14(2)15-6-4-7-17(12-15)23-21(26)16-9-10-18-19(13-16)24(3)20-8-5-11-25(20)22(18)27/h4,6-7,9-10,12-14,20H,5,8,11H2,1-3H3,(H,23,26)/t20-/m1/s1. The molecule has 140 valence electrons. The molecule has 0 spiro atoms. The molecule has 5 nitrogen and oxygen atoms in total. The molecule has 1 fully saturated rings. The molecule has 2 aliphatic rings. The number of amides is 2. The normalized spacial score (nSPS) is 18.5. The van der Waals surface area contributed by atoms with Crippen LogP contribution in [0.15, 0.2) is 42.5 Å². The molecule has 5 heteroatoms. The summed E-state index contributed by atoms with van der Waals surface area (Å²) < 4.78 is 0. The molecule has 1 atom stereocenters. The molecule has 2 aromatic carbocycles. The van der Waals surface area contributed by atoms with Gasteiger partial charge < -0.3 is 15.1 Å². The van der Waals surface area contributed by atoms with Crippen molar-refractivity contribution in [3.05, 3.63) is 59.2 Å². The van der Waals surface area contributed by atoms with E-state index in [1.807, 2.05) is 36.2 Å². The molecule has 2 aliphatic heterocycles. The van der Waals surface area contributed by atoms with Gasteiger partial charge in [0.25, 0.3) is 11.8 Å². The first kappa shape index (κ1) is 17.6. The van der Waals surface area contributed by atoms with Gasteiger partial charge in [0.1, 0.15) is 6.17 Å². The first-order chi connectivity index (χ1) is 13.0. The zero-order chi connectivity index (χ0) is 19.1. The summed E-state index contributed by atoms with van der Waals surface area (Å²) in [5, 5.41) is 2.98. The lowest BCUT2D eigenvalue weighted by Gasteiger charge is -2.40. The van der Waals surface area contributed by atoms with Crippen molar-refractivity contribution < 1.29 is 9.59 Å². The summed E-state index contributed by atoms with van der Waals surface area (Å²) in [6.07, 6.45) is 2.10. The highest BCUT2D eigenvalue weighted by atomic mass is 16.2. The summed E-state index contributed by atoms with van der Waals surface area (Å²) in [6, 6.07) is 13.3. The molecule has 1 saturated heterocycles. The van der Waals surface area contributed by atoms with E-state index in [0.717, 1.165) is 30.8 Å². The molecule has 0 unspecified atom stereocenters. The summed E-state index contributed by atoms with van der Waals surface area (Å²) in [5.74, 6) is 0.315. The Morgan fingerprint density at radius 1 is 1.19 bits per heavy atom. The highest BCUT2D eigenvalue weighted by Crippen LogP contribution is 2.35. The molecule has 1 N–H and O–H groups in total. The van der Waals surface area contributed by atoms with Crippen LogP contribution in [0.5, 0.6) is 0 Å². The smallest absolute Gasteiger partial charge is 0.257 e. The number of anilines is 2. The van der Waals surface area contributed by atoms with E-state index in [9.17, 15) is 9.59 Å². The monoisotopic (exact) mass is 363 g/mol. The molecule has 27 heavy (non-hydrogen) atoms. The minimum Gasteiger partial charge on any atom is -0.354 e. The van der Waals surface area contributed by atoms with E-state index in [-0.39, 0.29) is 18.0 Å². The molecule has 0 saturated carbocycles. The van der Waals surface area contributed by atoms with E-state index in [0.29, 0.717) is 17.0 Å². The molecule has 0 bridgehead atoms. The molecule has 4 rings (SSSR count). The van der Waals surface area contributed by atoms with Crippen LogP contribution in [0.3, 0.4) is 0 Å². The van der Waals surface area contributed by atoms with Gasteiger partial charge >= 0.3 is 0 Å². The second-order valence-corrected chi connectivity index (χ2v) is 7.70. The fraction of sp³-hybridized carbons (Fsp3) is 0.364. The predicted octanol–water partition coefficient (Wildman–Crippen LogP) is 4.07. The van der Waals surface area contributed by atoms with Gasteiger partial charge in [-0.1, -0.05) is 26.0 Å². The summed E-state index contributed by atoms with van der Waals surface area (Å²) >= 11 is 0. The zero-order valence-electron chi connectivity index (χ0n) is 16.0. The van der Waals surface area contributed by atoms with Crippen LogP contribution in [0.1, 0.15) is 58.9 Å². The number of nitrogens with one attached hydrogen (secondary N) is 1. The Kier molecular flexibility index (Phi) is 4.38. The van der Waals surface area contributed by atoms with Crippen molar-refractivity contribution in [3.63, 3.8) is 0 Å². The second kappa shape index (κ2) is 6.72. The largest absolute Gasteiger partial charge is 0.354 e. The van der Waals surface area contributed by atoms with Crippen molar-refractivity contribution in [1.82, 2.24) is 4.90 Å². The van der Waals surface area contributed by atoms with Crippen LogP contribution < -0.4 is 10.2 Å². The molecule has 0 radical (unpaired) electrons. The number of hydrogen-bond acceptors (Lipinski definition) is 3. The molecule has 2 amide bonds. The van der Waals surface area contributed by atoms with E-state index in [2.05, 4.69) is 30.1 Å². The minimum atomic E-state index is -0.159. The lowest BCUT2D eigenvalue weighted by atomic mass is 10.0. The summed E-state index contributed by atoms with van der Waals surface area (Å²) in [4.78, 5) is 29.5. The van der Waals surface area contributed by atoms with Gasteiger partial charge in [0.2, 0.25) is 0 Å². The van der Waals surface area contributed by atoms with E-state index in [4.69, 9.17) is 0 Å². The Bertz CT molecular complexity index is 906. The van der Waals surface area contributed by atoms with E-state index in [1.165, 1.54) is 5.56 Å². The third-order valence-corrected chi connectivity index (χ3v) is 5.61. The fourth-order valence-electron chi connectivity index (χ4n) is 4.03. The van der Waals surface area contributed by atoms with Gasteiger partial charge in [-0.2, -0.15) is 0 Å². The van der Waals surface area contributed by atoms with Crippen molar-refractivity contribution >= 4 is 23.2 Å². The van der Waals surface area contributed by atoms with Gasteiger partial charge in [-0.15, -0.1) is 0 Å². The average molecular weight is 363 g/mol. The average Bonchev–Trinajstić information content (AvgIpc) is 3.16. The van der Waals surface area contributed by atoms with Gasteiger partial charge in [-0.3, -0.25) is 9.59 Å². The lowest BCUT2D eigenvalue weighted by Crippen LogP contribution is -2.50. The van der Waals surface area contributed by atoms with Crippen LogP contribution in [0.2, 0.25) is 0 Å². The van der Waals surface area contributed by atoms with E-state index in [1.54, 1.807) is 12.1 Å². The van der Waals surface area contributed by atoms with Crippen LogP contribution in [0.25, 0.3) is 0 Å². The topological polar surface area (TPSA) is 52.7 Å². The van der Waals surface area contributed by atoms with Crippen molar-refractivity contribution in [3.8, 4) is 0 Å². The van der Waals surface area contributed by atoms with Crippen LogP contribution in [-0.4, -0.2) is 36.5 Å². The van der Waals surface area contributed by atoms with Crippen molar-refractivity contribution in [2.24, 2.45) is 0 Å². The molecule has 0 aromatic heterocycles. The number of fused-ring (bicyclic) bond motifs is 2. The zero-order valence-corrected chi connectivity index (χ0v) is 16.0. The molecular formula is C22H25N3O2. The minimum absolute atomic E-state index is 0.0715. The SMILES string of the molecule is CC(C)c1cccc(NC(=O)c2ccc3c(c2)N(C)[C@H]2CCCN2C3=O)c1. The first-order valence-corrected chi connectivity index (χ1v) is 9.55. The Balaban J connectivity index is 1.60. The third kappa shape index (κ3) is 3.07. The predicted molar refractivity (Wildman–Crippen MR) is 107 cm³/mol. The Morgan fingerprint density at radius 2 is 2.00 bits per heavy atom. The van der Waals surface area contributed by atoms with Crippen LogP contribution >= 0.6 is 0 Å². The van der Waals surface area contributed by atoms with Gasteiger partial charge in [-0.25, -0.2) is 0 Å². The Labute approximate surface area is 160 Å². The highest BCUT2D eigenvalue weighted by Gasteiger charge is 2.38. The fourth-order valence-corrected chi connectivity index (χ4v) is 4.03. The van der Waals surface area contributed by atoms with Crippen molar-refractivity contribution in [2.45, 2.75) is 38.8 Å². The first-order valence-electron chi connectivity index (χ1n) is 9.55. The van der Waals surface area contributed by atoms with E-state index < -0.39 is 0 Å². The molecule has 2 aromatic rings. The van der Waals surface area contributed by atoms with Crippen molar-refractivity contribution in [2.75, 3.05) is 23.8 Å². The number of benzene rings is 2. The van der Waals surface area contributed by atoms with Gasteiger partial charge in [0.15, 0.2) is 0 Å². The molecular weight excluding hydrogens is 338 g/mol. The van der Waals surface area contributed by atoms with Gasteiger partial charge in [0, 0.05) is 24.8 Å². The maximum absolute atomic E-state index is 12.8. The molecule has 2 heterocycles. The van der Waals surface area contributed by atoms with Gasteiger partial charge in [0.05, 0.1) is 11.3 Å². The second-order valence-electron chi connectivity index (χ2n) is 7.70. The number of rotatable bonds is 3. The summed E-state index contributed by atoms with van der Waals surface area (Å²) in [6.45, 7) is 5.06. The van der Waals surface area contributed by atoms with Crippen LogP contribution in [0, 0.1) is 0 Å². The lowest BCUT2D eigenvalue weighted by molar-refractivity contribution is 0.0719.